The van der Waals surface area contributed by atoms with Gasteiger partial charge in [-0.2, -0.15) is 0 Å². The van der Waals surface area contributed by atoms with Crippen LogP contribution >= 0.6 is 0 Å². The van der Waals surface area contributed by atoms with Crippen molar-refractivity contribution >= 4 is 22.6 Å². The number of anilines is 1. The Morgan fingerprint density at radius 1 is 1.50 bits per heavy atom. The molecule has 2 aromatic rings. The Labute approximate surface area is 105 Å². The molecular formula is C13H16N2O3. The van der Waals surface area contributed by atoms with E-state index >= 15 is 0 Å². The van der Waals surface area contributed by atoms with Crippen LogP contribution in [0.3, 0.4) is 0 Å². The van der Waals surface area contributed by atoms with E-state index in [4.69, 9.17) is 15.3 Å². The van der Waals surface area contributed by atoms with Gasteiger partial charge in [-0.15, -0.1) is 0 Å². The minimum Gasteiger partial charge on any atom is -0.451 e. The van der Waals surface area contributed by atoms with Gasteiger partial charge in [0.05, 0.1) is 12.6 Å². The molecule has 0 spiro atoms. The molecule has 0 radical (unpaired) electrons. The third kappa shape index (κ3) is 2.46. The molecule has 1 aromatic carbocycles. The van der Waals surface area contributed by atoms with E-state index in [0.29, 0.717) is 17.7 Å². The van der Waals surface area contributed by atoms with Crippen LogP contribution in [0.1, 0.15) is 23.9 Å². The molecule has 0 aliphatic heterocycles. The predicted octanol–water partition coefficient (Wildman–Crippen LogP) is 1.52. The fourth-order valence-electron chi connectivity index (χ4n) is 1.71. The summed E-state index contributed by atoms with van der Waals surface area (Å²) in [5, 5.41) is 12.5. The fourth-order valence-corrected chi connectivity index (χ4v) is 1.71. The predicted molar refractivity (Wildman–Crippen MR) is 69.3 cm³/mol. The quantitative estimate of drug-likeness (QED) is 0.716. The molecule has 5 heteroatoms. The summed E-state index contributed by atoms with van der Waals surface area (Å²) in [4.78, 5) is 11.9. The second-order valence-corrected chi connectivity index (χ2v) is 4.17. The number of nitrogen functional groups attached to an aromatic ring is 1. The lowest BCUT2D eigenvalue weighted by Gasteiger charge is -2.12. The van der Waals surface area contributed by atoms with Crippen LogP contribution < -0.4 is 11.1 Å². The zero-order chi connectivity index (χ0) is 13.1. The van der Waals surface area contributed by atoms with Gasteiger partial charge in [-0.05, 0) is 30.7 Å². The van der Waals surface area contributed by atoms with Gasteiger partial charge in [0.15, 0.2) is 5.76 Å². The number of amides is 1. The Bertz CT molecular complexity index is 558. The van der Waals surface area contributed by atoms with Gasteiger partial charge in [-0.25, -0.2) is 0 Å². The standard InChI is InChI=1S/C13H16N2O3/c1-2-10(7-16)15-13(17)12-6-8-5-9(14)3-4-11(8)18-12/h3-6,10,16H,2,7,14H2,1H3,(H,15,17)/t10-/m1/s1. The van der Waals surface area contributed by atoms with Gasteiger partial charge in [0.2, 0.25) is 0 Å². The van der Waals surface area contributed by atoms with E-state index in [-0.39, 0.29) is 24.3 Å². The third-order valence-corrected chi connectivity index (χ3v) is 2.81. The maximum Gasteiger partial charge on any atom is 0.287 e. The van der Waals surface area contributed by atoms with Crippen LogP contribution in [0.4, 0.5) is 5.69 Å². The first-order chi connectivity index (χ1) is 8.63. The first-order valence-corrected chi connectivity index (χ1v) is 5.84. The number of nitrogens with one attached hydrogen (secondary N) is 1. The molecule has 1 atom stereocenters. The highest BCUT2D eigenvalue weighted by Crippen LogP contribution is 2.21. The number of fused-ring (bicyclic) bond motifs is 1. The van der Waals surface area contributed by atoms with E-state index in [9.17, 15) is 4.79 Å². The normalized spacial score (nSPS) is 12.6. The molecule has 0 unspecified atom stereocenters. The number of aliphatic hydroxyl groups excluding tert-OH is 1. The lowest BCUT2D eigenvalue weighted by molar-refractivity contribution is 0.0889. The van der Waals surface area contributed by atoms with E-state index in [1.807, 2.05) is 6.92 Å². The minimum atomic E-state index is -0.328. The van der Waals surface area contributed by atoms with E-state index in [1.54, 1.807) is 24.3 Å². The van der Waals surface area contributed by atoms with E-state index < -0.39 is 0 Å². The second-order valence-electron chi connectivity index (χ2n) is 4.17. The van der Waals surface area contributed by atoms with Gasteiger partial charge in [0, 0.05) is 11.1 Å². The fraction of sp³-hybridized carbons (Fsp3) is 0.308. The SMILES string of the molecule is CC[C@H](CO)NC(=O)c1cc2cc(N)ccc2o1. The second kappa shape index (κ2) is 5.10. The Balaban J connectivity index is 2.23. The number of nitrogens with two attached hydrogens (primary N) is 1. The van der Waals surface area contributed by atoms with Crippen LogP contribution in [0.2, 0.25) is 0 Å². The molecule has 96 valence electrons. The highest BCUT2D eigenvalue weighted by Gasteiger charge is 2.15. The number of carbonyl (C=O) groups excluding carboxylic acids is 1. The van der Waals surface area contributed by atoms with Crippen LogP contribution in [0.25, 0.3) is 11.0 Å². The van der Waals surface area contributed by atoms with Crippen LogP contribution in [0, 0.1) is 0 Å². The molecule has 1 amide bonds. The average Bonchev–Trinajstić information content (AvgIpc) is 2.78. The van der Waals surface area contributed by atoms with E-state index in [0.717, 1.165) is 5.39 Å². The molecule has 0 saturated carbocycles. The molecule has 0 aliphatic rings. The molecule has 1 aromatic heterocycles. The van der Waals surface area contributed by atoms with Crippen molar-refractivity contribution in [3.8, 4) is 0 Å². The number of benzene rings is 1. The van der Waals surface area contributed by atoms with Crippen molar-refractivity contribution in [2.24, 2.45) is 0 Å². The Morgan fingerprint density at radius 2 is 2.28 bits per heavy atom. The summed E-state index contributed by atoms with van der Waals surface area (Å²) in [7, 11) is 0. The van der Waals surface area contributed by atoms with Crippen molar-refractivity contribution in [3.63, 3.8) is 0 Å². The number of furan rings is 1. The number of hydrogen-bond acceptors (Lipinski definition) is 4. The van der Waals surface area contributed by atoms with Crippen molar-refractivity contribution < 1.29 is 14.3 Å². The number of aliphatic hydroxyl groups is 1. The molecule has 2 rings (SSSR count). The lowest BCUT2D eigenvalue weighted by Crippen LogP contribution is -2.36. The van der Waals surface area contributed by atoms with E-state index in [1.165, 1.54) is 0 Å². The van der Waals surface area contributed by atoms with Gasteiger partial charge in [0.1, 0.15) is 5.58 Å². The highest BCUT2D eigenvalue weighted by atomic mass is 16.3. The Kier molecular flexibility index (Phi) is 3.53. The largest absolute Gasteiger partial charge is 0.451 e. The number of rotatable bonds is 4. The van der Waals surface area contributed by atoms with Crippen molar-refractivity contribution in [1.82, 2.24) is 5.32 Å². The van der Waals surface area contributed by atoms with Gasteiger partial charge in [-0.3, -0.25) is 4.79 Å². The summed E-state index contributed by atoms with van der Waals surface area (Å²) in [5.74, 6) is -0.104. The smallest absolute Gasteiger partial charge is 0.287 e. The molecule has 0 fully saturated rings. The topological polar surface area (TPSA) is 88.5 Å². The first-order valence-electron chi connectivity index (χ1n) is 5.84. The summed E-state index contributed by atoms with van der Waals surface area (Å²) in [6, 6.07) is 6.58. The number of hydrogen-bond donors (Lipinski definition) is 3. The van der Waals surface area contributed by atoms with Crippen molar-refractivity contribution in [1.29, 1.82) is 0 Å². The van der Waals surface area contributed by atoms with Crippen molar-refractivity contribution in [3.05, 3.63) is 30.0 Å². The minimum absolute atomic E-state index is 0.0879. The van der Waals surface area contributed by atoms with E-state index in [2.05, 4.69) is 5.32 Å². The number of carbonyl (C=O) groups is 1. The third-order valence-electron chi connectivity index (χ3n) is 2.81. The van der Waals surface area contributed by atoms with Gasteiger partial charge in [0.25, 0.3) is 5.91 Å². The lowest BCUT2D eigenvalue weighted by atomic mass is 10.2. The molecule has 4 N–H and O–H groups in total. The van der Waals surface area contributed by atoms with Crippen molar-refractivity contribution in [2.45, 2.75) is 19.4 Å². The monoisotopic (exact) mass is 248 g/mol. The molecule has 0 bridgehead atoms. The molecular weight excluding hydrogens is 232 g/mol. The average molecular weight is 248 g/mol. The molecule has 5 nitrogen and oxygen atoms in total. The van der Waals surface area contributed by atoms with Crippen LogP contribution in [-0.4, -0.2) is 23.7 Å². The molecule has 0 aliphatic carbocycles. The summed E-state index contributed by atoms with van der Waals surface area (Å²) in [6.45, 7) is 1.80. The molecule has 18 heavy (non-hydrogen) atoms. The van der Waals surface area contributed by atoms with Crippen molar-refractivity contribution in [2.75, 3.05) is 12.3 Å². The summed E-state index contributed by atoms with van der Waals surface area (Å²) >= 11 is 0. The zero-order valence-electron chi connectivity index (χ0n) is 10.1. The van der Waals surface area contributed by atoms with Gasteiger partial charge >= 0.3 is 0 Å². The zero-order valence-corrected chi connectivity index (χ0v) is 10.1. The van der Waals surface area contributed by atoms with Crippen LogP contribution in [0.5, 0.6) is 0 Å². The van der Waals surface area contributed by atoms with Gasteiger partial charge < -0.3 is 20.6 Å². The molecule has 1 heterocycles. The Hall–Kier alpha value is -2.01. The molecule has 0 saturated heterocycles. The van der Waals surface area contributed by atoms with Crippen LogP contribution in [0.15, 0.2) is 28.7 Å². The van der Waals surface area contributed by atoms with Gasteiger partial charge in [-0.1, -0.05) is 6.92 Å². The Morgan fingerprint density at radius 3 is 2.94 bits per heavy atom. The maximum absolute atomic E-state index is 11.9. The summed E-state index contributed by atoms with van der Waals surface area (Å²) in [6.07, 6.45) is 0.662. The first kappa shape index (κ1) is 12.4. The maximum atomic E-state index is 11.9. The highest BCUT2D eigenvalue weighted by molar-refractivity contribution is 5.96. The summed E-state index contributed by atoms with van der Waals surface area (Å²) < 4.78 is 5.43. The van der Waals surface area contributed by atoms with Crippen LogP contribution in [-0.2, 0) is 0 Å². The summed E-state index contributed by atoms with van der Waals surface area (Å²) in [5.41, 5.74) is 6.90.